The number of hydrogen-bond donors (Lipinski definition) is 2. The van der Waals surface area contributed by atoms with E-state index in [2.05, 4.69) is 4.72 Å². The maximum atomic E-state index is 12.3. The van der Waals surface area contributed by atoms with Crippen molar-refractivity contribution >= 4 is 10.0 Å². The Hall–Kier alpha value is -0.850. The molecule has 0 atom stereocenters. The molecule has 0 spiro atoms. The summed E-state index contributed by atoms with van der Waals surface area (Å²) in [6.07, 6.45) is 8.12. The molecule has 2 aliphatic carbocycles. The van der Waals surface area contributed by atoms with Crippen LogP contribution in [0.4, 0.5) is 0 Å². The quantitative estimate of drug-likeness (QED) is 0.859. The molecular formula is C13H21N3O2S. The van der Waals surface area contributed by atoms with E-state index in [1.165, 1.54) is 0 Å². The van der Waals surface area contributed by atoms with Gasteiger partial charge < -0.3 is 10.3 Å². The summed E-state index contributed by atoms with van der Waals surface area (Å²) in [7, 11) is -3.39. The van der Waals surface area contributed by atoms with Gasteiger partial charge >= 0.3 is 0 Å². The number of hydrogen-bond acceptors (Lipinski definition) is 3. The molecule has 0 radical (unpaired) electrons. The van der Waals surface area contributed by atoms with Crippen LogP contribution in [0.15, 0.2) is 17.2 Å². The van der Waals surface area contributed by atoms with Gasteiger partial charge in [-0.05, 0) is 31.7 Å². The average molecular weight is 283 g/mol. The van der Waals surface area contributed by atoms with Crippen LogP contribution in [0.2, 0.25) is 0 Å². The standard InChI is InChI=1S/C13H21N3O2S/c14-8-12-7-13(9-16(12)11-5-6-11)19(17,18)15-10-3-1-2-4-10/h7,9-11,15H,1-6,8,14H2. The van der Waals surface area contributed by atoms with Gasteiger partial charge in [0.25, 0.3) is 0 Å². The van der Waals surface area contributed by atoms with Gasteiger partial charge in [-0.1, -0.05) is 12.8 Å². The van der Waals surface area contributed by atoms with E-state index in [4.69, 9.17) is 5.73 Å². The van der Waals surface area contributed by atoms with E-state index in [-0.39, 0.29) is 6.04 Å². The first-order valence-corrected chi connectivity index (χ1v) is 8.51. The minimum absolute atomic E-state index is 0.107. The fourth-order valence-corrected chi connectivity index (χ4v) is 4.19. The predicted octanol–water partition coefficient (Wildman–Crippen LogP) is 1.50. The second kappa shape index (κ2) is 4.92. The zero-order chi connectivity index (χ0) is 13.5. The van der Waals surface area contributed by atoms with Gasteiger partial charge in [0.1, 0.15) is 0 Å². The van der Waals surface area contributed by atoms with Crippen LogP contribution < -0.4 is 10.5 Å². The number of nitrogens with zero attached hydrogens (tertiary/aromatic N) is 1. The molecule has 1 heterocycles. The zero-order valence-corrected chi connectivity index (χ0v) is 11.8. The van der Waals surface area contributed by atoms with E-state index >= 15 is 0 Å². The highest BCUT2D eigenvalue weighted by atomic mass is 32.2. The number of sulfonamides is 1. The Bertz CT molecular complexity index is 554. The molecule has 0 aromatic carbocycles. The summed E-state index contributed by atoms with van der Waals surface area (Å²) < 4.78 is 29.5. The van der Waals surface area contributed by atoms with Gasteiger partial charge in [-0.3, -0.25) is 0 Å². The smallest absolute Gasteiger partial charge is 0.242 e. The zero-order valence-electron chi connectivity index (χ0n) is 11.0. The third-order valence-corrected chi connectivity index (χ3v) is 5.53. The van der Waals surface area contributed by atoms with Gasteiger partial charge in [-0.2, -0.15) is 0 Å². The van der Waals surface area contributed by atoms with Crippen molar-refractivity contribution in [2.45, 2.75) is 62.0 Å². The molecule has 0 aliphatic heterocycles. The van der Waals surface area contributed by atoms with Crippen LogP contribution in [-0.2, 0) is 16.6 Å². The summed E-state index contributed by atoms with van der Waals surface area (Å²) in [5.41, 5.74) is 6.61. The van der Waals surface area contributed by atoms with Crippen molar-refractivity contribution in [1.82, 2.24) is 9.29 Å². The van der Waals surface area contributed by atoms with Gasteiger partial charge in [0.2, 0.25) is 10.0 Å². The Kier molecular flexibility index (Phi) is 3.41. The Labute approximate surface area is 114 Å². The molecule has 1 aromatic heterocycles. The van der Waals surface area contributed by atoms with Crippen LogP contribution in [-0.4, -0.2) is 19.0 Å². The Morgan fingerprint density at radius 1 is 1.26 bits per heavy atom. The van der Waals surface area contributed by atoms with E-state index in [0.717, 1.165) is 44.2 Å². The van der Waals surface area contributed by atoms with E-state index in [1.807, 2.05) is 4.57 Å². The normalized spacial score (nSPS) is 21.1. The van der Waals surface area contributed by atoms with Crippen LogP contribution in [0.1, 0.15) is 50.3 Å². The van der Waals surface area contributed by atoms with Gasteiger partial charge in [-0.25, -0.2) is 13.1 Å². The van der Waals surface area contributed by atoms with Crippen molar-refractivity contribution in [1.29, 1.82) is 0 Å². The molecule has 19 heavy (non-hydrogen) atoms. The van der Waals surface area contributed by atoms with Gasteiger partial charge in [-0.15, -0.1) is 0 Å². The van der Waals surface area contributed by atoms with Crippen LogP contribution in [0.5, 0.6) is 0 Å². The minimum Gasteiger partial charge on any atom is -0.346 e. The van der Waals surface area contributed by atoms with Gasteiger partial charge in [0.15, 0.2) is 0 Å². The SMILES string of the molecule is NCc1cc(S(=O)(=O)NC2CCCC2)cn1C1CC1. The molecule has 0 amide bonds. The summed E-state index contributed by atoms with van der Waals surface area (Å²) >= 11 is 0. The van der Waals surface area contributed by atoms with Crippen LogP contribution in [0, 0.1) is 0 Å². The molecule has 0 saturated heterocycles. The van der Waals surface area contributed by atoms with E-state index in [1.54, 1.807) is 12.3 Å². The minimum atomic E-state index is -3.39. The fraction of sp³-hybridized carbons (Fsp3) is 0.692. The molecule has 1 aromatic rings. The highest BCUT2D eigenvalue weighted by Crippen LogP contribution is 2.37. The molecular weight excluding hydrogens is 262 g/mol. The van der Waals surface area contributed by atoms with Crippen LogP contribution in [0.3, 0.4) is 0 Å². The maximum absolute atomic E-state index is 12.3. The molecule has 6 heteroatoms. The fourth-order valence-electron chi connectivity index (χ4n) is 2.83. The molecule has 2 aliphatic rings. The first-order valence-electron chi connectivity index (χ1n) is 7.03. The van der Waals surface area contributed by atoms with Crippen molar-refractivity contribution < 1.29 is 8.42 Å². The number of aromatic nitrogens is 1. The first-order chi connectivity index (χ1) is 9.10. The molecule has 106 valence electrons. The maximum Gasteiger partial charge on any atom is 0.242 e. The second-order valence-corrected chi connectivity index (χ2v) is 7.33. The predicted molar refractivity (Wildman–Crippen MR) is 73.2 cm³/mol. The lowest BCUT2D eigenvalue weighted by Gasteiger charge is -2.11. The Morgan fingerprint density at radius 2 is 1.95 bits per heavy atom. The lowest BCUT2D eigenvalue weighted by molar-refractivity contribution is 0.552. The summed E-state index contributed by atoms with van der Waals surface area (Å²) in [6, 6.07) is 2.28. The second-order valence-electron chi connectivity index (χ2n) is 5.61. The van der Waals surface area contributed by atoms with Crippen LogP contribution in [0.25, 0.3) is 0 Å². The van der Waals surface area contributed by atoms with E-state index < -0.39 is 10.0 Å². The molecule has 3 rings (SSSR count). The van der Waals surface area contributed by atoms with Crippen LogP contribution >= 0.6 is 0 Å². The third kappa shape index (κ3) is 2.70. The summed E-state index contributed by atoms with van der Waals surface area (Å²) in [5.74, 6) is 0. The summed E-state index contributed by atoms with van der Waals surface area (Å²) in [4.78, 5) is 0.367. The summed E-state index contributed by atoms with van der Waals surface area (Å²) in [6.45, 7) is 0.384. The van der Waals surface area contributed by atoms with Crippen molar-refractivity contribution in [3.63, 3.8) is 0 Å². The lowest BCUT2D eigenvalue weighted by Crippen LogP contribution is -2.32. The molecule has 0 unspecified atom stereocenters. The largest absolute Gasteiger partial charge is 0.346 e. The highest BCUT2D eigenvalue weighted by molar-refractivity contribution is 7.89. The lowest BCUT2D eigenvalue weighted by atomic mass is 10.3. The van der Waals surface area contributed by atoms with E-state index in [0.29, 0.717) is 17.5 Å². The Balaban J connectivity index is 1.83. The summed E-state index contributed by atoms with van der Waals surface area (Å²) in [5, 5.41) is 0. The highest BCUT2D eigenvalue weighted by Gasteiger charge is 2.29. The molecule has 2 fully saturated rings. The van der Waals surface area contributed by atoms with Crippen molar-refractivity contribution in [3.8, 4) is 0 Å². The number of nitrogens with one attached hydrogen (secondary N) is 1. The first kappa shape index (κ1) is 13.1. The van der Waals surface area contributed by atoms with Crippen molar-refractivity contribution in [3.05, 3.63) is 18.0 Å². The molecule has 5 nitrogen and oxygen atoms in total. The van der Waals surface area contributed by atoms with Crippen molar-refractivity contribution in [2.24, 2.45) is 5.73 Å². The van der Waals surface area contributed by atoms with E-state index in [9.17, 15) is 8.42 Å². The average Bonchev–Trinajstić information content (AvgIpc) is 2.91. The topological polar surface area (TPSA) is 77.1 Å². The third-order valence-electron chi connectivity index (χ3n) is 4.04. The van der Waals surface area contributed by atoms with Gasteiger partial charge in [0, 0.05) is 30.5 Å². The molecule has 2 saturated carbocycles. The molecule has 3 N–H and O–H groups in total. The van der Waals surface area contributed by atoms with Gasteiger partial charge in [0.05, 0.1) is 4.90 Å². The molecule has 0 bridgehead atoms. The van der Waals surface area contributed by atoms with Crippen molar-refractivity contribution in [2.75, 3.05) is 0 Å². The Morgan fingerprint density at radius 3 is 2.53 bits per heavy atom. The number of nitrogens with two attached hydrogens (primary N) is 1. The number of rotatable bonds is 5. The monoisotopic (exact) mass is 283 g/mol.